The molecule has 38 heavy (non-hydrogen) atoms. The Bertz CT molecular complexity index is 959. The van der Waals surface area contributed by atoms with Crippen molar-refractivity contribution < 1.29 is 33.1 Å². The number of nitrogens with one attached hydrogen (secondary N) is 1. The van der Waals surface area contributed by atoms with Gasteiger partial charge in [0.15, 0.2) is 0 Å². The molecule has 0 aromatic carbocycles. The van der Waals surface area contributed by atoms with Crippen molar-refractivity contribution >= 4 is 16.0 Å². The average Bonchev–Trinajstić information content (AvgIpc) is 3.19. The van der Waals surface area contributed by atoms with E-state index in [9.17, 15) is 28.5 Å². The highest BCUT2D eigenvalue weighted by Crippen LogP contribution is 2.68. The third kappa shape index (κ3) is 5.83. The largest absolute Gasteiger partial charge is 0.393 e. The summed E-state index contributed by atoms with van der Waals surface area (Å²) in [5, 5.41) is 34.9. The van der Waals surface area contributed by atoms with Crippen LogP contribution in [0.15, 0.2) is 0 Å². The van der Waals surface area contributed by atoms with Crippen LogP contribution in [0.5, 0.6) is 0 Å². The number of aliphatic hydroxyl groups excluding tert-OH is 3. The molecule has 8 nitrogen and oxygen atoms in total. The van der Waals surface area contributed by atoms with E-state index in [4.69, 9.17) is 4.55 Å². The maximum atomic E-state index is 12.3. The molecule has 0 aliphatic heterocycles. The Morgan fingerprint density at radius 2 is 1.63 bits per heavy atom. The number of carbonyl (C=O) groups excluding carboxylic acids is 1. The molecule has 220 valence electrons. The zero-order valence-corrected chi connectivity index (χ0v) is 24.5. The summed E-state index contributed by atoms with van der Waals surface area (Å²) in [4.78, 5) is 12.3. The lowest BCUT2D eigenvalue weighted by molar-refractivity contribution is -0.174. The van der Waals surface area contributed by atoms with Crippen LogP contribution in [0, 0.1) is 52.3 Å². The van der Waals surface area contributed by atoms with Gasteiger partial charge in [-0.1, -0.05) is 27.7 Å². The Morgan fingerprint density at radius 1 is 0.974 bits per heavy atom. The van der Waals surface area contributed by atoms with Gasteiger partial charge in [0.1, 0.15) is 0 Å². The lowest BCUT2D eigenvalue weighted by Crippen LogP contribution is -2.58. The predicted octanol–water partition coefficient (Wildman–Crippen LogP) is 3.39. The van der Waals surface area contributed by atoms with E-state index < -0.39 is 33.8 Å². The third-order valence-electron chi connectivity index (χ3n) is 12.0. The van der Waals surface area contributed by atoms with Crippen molar-refractivity contribution in [1.29, 1.82) is 0 Å². The van der Waals surface area contributed by atoms with Crippen LogP contribution in [0.3, 0.4) is 0 Å². The number of amides is 1. The van der Waals surface area contributed by atoms with Crippen LogP contribution in [0.4, 0.5) is 0 Å². The van der Waals surface area contributed by atoms with Crippen LogP contribution in [0.25, 0.3) is 0 Å². The molecule has 0 bridgehead atoms. The fourth-order valence-corrected chi connectivity index (χ4v) is 10.1. The highest BCUT2D eigenvalue weighted by molar-refractivity contribution is 7.85. The van der Waals surface area contributed by atoms with Gasteiger partial charge in [0.25, 0.3) is 10.1 Å². The van der Waals surface area contributed by atoms with Crippen LogP contribution >= 0.6 is 0 Å². The number of hydrogen-bond acceptors (Lipinski definition) is 6. The van der Waals surface area contributed by atoms with Gasteiger partial charge in [-0.3, -0.25) is 9.35 Å². The molecule has 4 rings (SSSR count). The van der Waals surface area contributed by atoms with Gasteiger partial charge in [-0.05, 0) is 111 Å². The second kappa shape index (κ2) is 11.3. The standard InChI is InChI=1S/C29H51NO7S/c1-17(5-8-24(32)18(2)27(34)30-13-14-38(35,36)37)21-6-7-22-26-23(10-12-29(21,22)4)28(3)11-9-20(31)15-19(28)16-25(26)33/h17-26,31-33H,5-16H2,1-4H3,(H,30,34)(H,35,36,37)/t17-,18?,19+,20-,21-,22+,23+,24?,25-,26+,28+,29-/m1/s1. The summed E-state index contributed by atoms with van der Waals surface area (Å²) in [6.07, 6.45) is 8.17. The molecule has 0 aromatic rings. The average molecular weight is 558 g/mol. The van der Waals surface area contributed by atoms with Crippen LogP contribution in [-0.2, 0) is 14.9 Å². The Morgan fingerprint density at radius 3 is 2.32 bits per heavy atom. The van der Waals surface area contributed by atoms with E-state index in [2.05, 4.69) is 26.1 Å². The lowest BCUT2D eigenvalue weighted by atomic mass is 9.43. The highest BCUT2D eigenvalue weighted by Gasteiger charge is 2.62. The van der Waals surface area contributed by atoms with Gasteiger partial charge in [0.2, 0.25) is 5.91 Å². The number of hydrogen-bond donors (Lipinski definition) is 5. The fraction of sp³-hybridized carbons (Fsp3) is 0.966. The summed E-state index contributed by atoms with van der Waals surface area (Å²) in [6, 6.07) is 0. The van der Waals surface area contributed by atoms with Crippen LogP contribution < -0.4 is 5.32 Å². The van der Waals surface area contributed by atoms with E-state index in [0.717, 1.165) is 51.4 Å². The number of carbonyl (C=O) groups is 1. The summed E-state index contributed by atoms with van der Waals surface area (Å²) in [7, 11) is -4.14. The SMILES string of the molecule is CC(C(=O)NCCS(=O)(=O)O)C(O)CC[C@@H](C)[C@H]1CC[C@H]2[C@@H]3[C@H](O)C[C@@H]4C[C@H](O)CC[C@]4(C)[C@H]3CC[C@]12C. The zero-order valence-electron chi connectivity index (χ0n) is 23.7. The molecule has 0 aromatic heterocycles. The lowest BCUT2D eigenvalue weighted by Gasteiger charge is -2.62. The Balaban J connectivity index is 1.35. The van der Waals surface area contributed by atoms with Crippen LogP contribution in [-0.4, -0.2) is 64.8 Å². The first-order chi connectivity index (χ1) is 17.7. The smallest absolute Gasteiger partial charge is 0.266 e. The van der Waals surface area contributed by atoms with Gasteiger partial charge >= 0.3 is 0 Å². The molecule has 4 aliphatic carbocycles. The molecular weight excluding hydrogens is 506 g/mol. The van der Waals surface area contributed by atoms with E-state index in [1.54, 1.807) is 6.92 Å². The Kier molecular flexibility index (Phi) is 8.96. The molecule has 0 spiro atoms. The monoisotopic (exact) mass is 557 g/mol. The van der Waals surface area contributed by atoms with Crippen molar-refractivity contribution in [2.24, 2.45) is 52.3 Å². The maximum absolute atomic E-state index is 12.3. The molecular formula is C29H51NO7S. The second-order valence-electron chi connectivity index (χ2n) is 13.9. The molecule has 0 heterocycles. The quantitative estimate of drug-likeness (QED) is 0.273. The summed E-state index contributed by atoms with van der Waals surface area (Å²) in [6.45, 7) is 8.61. The molecule has 0 radical (unpaired) electrons. The van der Waals surface area contributed by atoms with E-state index in [-0.39, 0.29) is 29.6 Å². The molecule has 9 heteroatoms. The van der Waals surface area contributed by atoms with E-state index in [1.807, 2.05) is 0 Å². The van der Waals surface area contributed by atoms with Crippen LogP contribution in [0.2, 0.25) is 0 Å². The number of rotatable bonds is 9. The zero-order chi connectivity index (χ0) is 28.0. The molecule has 2 unspecified atom stereocenters. The van der Waals surface area contributed by atoms with Gasteiger partial charge in [-0.2, -0.15) is 8.42 Å². The van der Waals surface area contributed by atoms with Crippen molar-refractivity contribution in [3.8, 4) is 0 Å². The van der Waals surface area contributed by atoms with Gasteiger partial charge in [0, 0.05) is 6.54 Å². The minimum absolute atomic E-state index is 0.169. The molecule has 12 atom stereocenters. The fourth-order valence-electron chi connectivity index (χ4n) is 9.70. The van der Waals surface area contributed by atoms with Crippen molar-refractivity contribution in [3.63, 3.8) is 0 Å². The molecule has 4 aliphatic rings. The maximum Gasteiger partial charge on any atom is 0.266 e. The first-order valence-corrected chi connectivity index (χ1v) is 16.6. The number of aliphatic hydroxyl groups is 3. The molecule has 0 saturated heterocycles. The van der Waals surface area contributed by atoms with Crippen LogP contribution in [0.1, 0.15) is 91.9 Å². The summed E-state index contributed by atoms with van der Waals surface area (Å²) >= 11 is 0. The minimum Gasteiger partial charge on any atom is -0.393 e. The normalized spacial score (nSPS) is 43.3. The summed E-state index contributed by atoms with van der Waals surface area (Å²) in [5.74, 6) is 1.07. The first kappa shape index (κ1) is 30.2. The molecule has 4 fully saturated rings. The van der Waals surface area contributed by atoms with E-state index in [0.29, 0.717) is 41.9 Å². The molecule has 1 amide bonds. The van der Waals surface area contributed by atoms with Gasteiger partial charge in [-0.25, -0.2) is 0 Å². The first-order valence-electron chi connectivity index (χ1n) is 14.9. The van der Waals surface area contributed by atoms with Crippen molar-refractivity contribution in [3.05, 3.63) is 0 Å². The van der Waals surface area contributed by atoms with Gasteiger partial charge in [-0.15, -0.1) is 0 Å². The second-order valence-corrected chi connectivity index (χ2v) is 15.5. The number of fused-ring (bicyclic) bond motifs is 5. The predicted molar refractivity (Wildman–Crippen MR) is 146 cm³/mol. The molecule has 5 N–H and O–H groups in total. The Hall–Kier alpha value is -0.740. The Labute approximate surface area is 229 Å². The topological polar surface area (TPSA) is 144 Å². The molecule has 4 saturated carbocycles. The van der Waals surface area contributed by atoms with Crippen molar-refractivity contribution in [2.45, 2.75) is 110 Å². The third-order valence-corrected chi connectivity index (χ3v) is 12.7. The van der Waals surface area contributed by atoms with Crippen molar-refractivity contribution in [1.82, 2.24) is 5.32 Å². The summed E-state index contributed by atoms with van der Waals surface area (Å²) in [5.41, 5.74) is 0.388. The van der Waals surface area contributed by atoms with Gasteiger partial charge < -0.3 is 20.6 Å². The summed E-state index contributed by atoms with van der Waals surface area (Å²) < 4.78 is 30.6. The minimum atomic E-state index is -4.14. The van der Waals surface area contributed by atoms with E-state index >= 15 is 0 Å². The van der Waals surface area contributed by atoms with Crippen molar-refractivity contribution in [2.75, 3.05) is 12.3 Å². The highest BCUT2D eigenvalue weighted by atomic mass is 32.2. The van der Waals surface area contributed by atoms with Gasteiger partial charge in [0.05, 0.1) is 30.0 Å². The van der Waals surface area contributed by atoms with E-state index in [1.165, 1.54) is 6.42 Å².